The molecule has 2 rings (SSSR count). The van der Waals surface area contributed by atoms with Crippen LogP contribution in [0.1, 0.15) is 22.7 Å². The van der Waals surface area contributed by atoms with Gasteiger partial charge in [0.25, 0.3) is 5.69 Å². The van der Waals surface area contributed by atoms with Crippen molar-refractivity contribution < 1.29 is 4.92 Å². The summed E-state index contributed by atoms with van der Waals surface area (Å²) in [5.74, 6) is 0. The Morgan fingerprint density at radius 2 is 1.89 bits per heavy atom. The van der Waals surface area contributed by atoms with Crippen molar-refractivity contribution in [3.05, 3.63) is 69.5 Å². The van der Waals surface area contributed by atoms with Crippen molar-refractivity contribution in [2.24, 2.45) is 5.73 Å². The predicted molar refractivity (Wildman–Crippen MR) is 68.1 cm³/mol. The lowest BCUT2D eigenvalue weighted by Gasteiger charge is -2.12. The average molecular weight is 243 g/mol. The second-order valence-electron chi connectivity index (χ2n) is 4.12. The van der Waals surface area contributed by atoms with Gasteiger partial charge in [-0.3, -0.25) is 15.1 Å². The van der Waals surface area contributed by atoms with Crippen LogP contribution in [0.2, 0.25) is 0 Å². The van der Waals surface area contributed by atoms with Crippen molar-refractivity contribution >= 4 is 5.69 Å². The van der Waals surface area contributed by atoms with Gasteiger partial charge in [0.1, 0.15) is 0 Å². The molecule has 0 bridgehead atoms. The van der Waals surface area contributed by atoms with E-state index >= 15 is 0 Å². The van der Waals surface area contributed by atoms with E-state index in [1.165, 1.54) is 12.1 Å². The molecule has 0 radical (unpaired) electrons. The number of non-ortho nitro benzene ring substituents is 1. The Hall–Kier alpha value is -2.27. The molecule has 1 aromatic carbocycles. The van der Waals surface area contributed by atoms with Crippen molar-refractivity contribution in [3.63, 3.8) is 0 Å². The lowest BCUT2D eigenvalue weighted by atomic mass is 9.98. The molecule has 5 nitrogen and oxygen atoms in total. The van der Waals surface area contributed by atoms with Crippen molar-refractivity contribution in [2.45, 2.75) is 13.0 Å². The average Bonchev–Trinajstić information content (AvgIpc) is 2.38. The lowest BCUT2D eigenvalue weighted by Crippen LogP contribution is -2.12. The Balaban J connectivity index is 2.42. The van der Waals surface area contributed by atoms with Gasteiger partial charge in [-0.1, -0.05) is 6.07 Å². The van der Waals surface area contributed by atoms with Gasteiger partial charge in [-0.05, 0) is 35.7 Å². The summed E-state index contributed by atoms with van der Waals surface area (Å²) in [4.78, 5) is 14.3. The van der Waals surface area contributed by atoms with E-state index < -0.39 is 4.92 Å². The van der Waals surface area contributed by atoms with Gasteiger partial charge in [0, 0.05) is 24.5 Å². The number of aromatic nitrogens is 1. The second kappa shape index (κ2) is 4.93. The molecule has 0 fully saturated rings. The summed E-state index contributed by atoms with van der Waals surface area (Å²) in [6.07, 6.45) is 3.30. The highest BCUT2D eigenvalue weighted by Gasteiger charge is 2.14. The van der Waals surface area contributed by atoms with Crippen LogP contribution in [0.3, 0.4) is 0 Å². The van der Waals surface area contributed by atoms with E-state index in [0.717, 1.165) is 16.7 Å². The Morgan fingerprint density at radius 3 is 2.50 bits per heavy atom. The molecule has 0 aliphatic rings. The summed E-state index contributed by atoms with van der Waals surface area (Å²) >= 11 is 0. The smallest absolute Gasteiger partial charge is 0.270 e. The first-order valence-corrected chi connectivity index (χ1v) is 5.49. The Labute approximate surface area is 104 Å². The summed E-state index contributed by atoms with van der Waals surface area (Å²) in [5, 5.41) is 10.8. The van der Waals surface area contributed by atoms with Gasteiger partial charge in [-0.2, -0.15) is 0 Å². The molecule has 1 aromatic heterocycles. The van der Waals surface area contributed by atoms with E-state index in [-0.39, 0.29) is 11.7 Å². The van der Waals surface area contributed by atoms with Crippen LogP contribution < -0.4 is 5.73 Å². The van der Waals surface area contributed by atoms with E-state index in [0.29, 0.717) is 0 Å². The van der Waals surface area contributed by atoms with Gasteiger partial charge in [0.05, 0.1) is 11.0 Å². The van der Waals surface area contributed by atoms with Gasteiger partial charge < -0.3 is 5.73 Å². The highest BCUT2D eigenvalue weighted by atomic mass is 16.6. The van der Waals surface area contributed by atoms with Crippen LogP contribution in [0.25, 0.3) is 0 Å². The number of nitro benzene ring substituents is 1. The molecule has 2 aromatic rings. The zero-order valence-electron chi connectivity index (χ0n) is 9.91. The summed E-state index contributed by atoms with van der Waals surface area (Å²) in [6, 6.07) is 8.13. The number of pyridine rings is 1. The molecular weight excluding hydrogens is 230 g/mol. The SMILES string of the molecule is Cc1cc(C(N)c2ccncc2)cc([N+](=O)[O-])c1. The zero-order valence-corrected chi connectivity index (χ0v) is 9.91. The molecule has 1 heterocycles. The molecule has 18 heavy (non-hydrogen) atoms. The fraction of sp³-hybridized carbons (Fsp3) is 0.154. The summed E-state index contributed by atoms with van der Waals surface area (Å²) < 4.78 is 0. The van der Waals surface area contributed by atoms with Gasteiger partial charge in [-0.25, -0.2) is 0 Å². The molecule has 0 amide bonds. The molecule has 92 valence electrons. The van der Waals surface area contributed by atoms with Crippen molar-refractivity contribution in [1.82, 2.24) is 4.98 Å². The van der Waals surface area contributed by atoms with Crippen molar-refractivity contribution in [2.75, 3.05) is 0 Å². The number of hydrogen-bond donors (Lipinski definition) is 1. The minimum absolute atomic E-state index is 0.0644. The van der Waals surface area contributed by atoms with E-state index in [9.17, 15) is 10.1 Å². The van der Waals surface area contributed by atoms with E-state index in [2.05, 4.69) is 4.98 Å². The third-order valence-electron chi connectivity index (χ3n) is 2.72. The molecule has 2 N–H and O–H groups in total. The molecule has 1 atom stereocenters. The number of rotatable bonds is 3. The Bertz CT molecular complexity index is 570. The highest BCUT2D eigenvalue weighted by Crippen LogP contribution is 2.24. The fourth-order valence-corrected chi connectivity index (χ4v) is 1.84. The second-order valence-corrected chi connectivity index (χ2v) is 4.12. The minimum Gasteiger partial charge on any atom is -0.320 e. The summed E-state index contributed by atoms with van der Waals surface area (Å²) in [6.45, 7) is 1.82. The standard InChI is InChI=1S/C13H13N3O2/c1-9-6-11(8-12(7-9)16(17)18)13(14)10-2-4-15-5-3-10/h2-8,13H,14H2,1H3. The van der Waals surface area contributed by atoms with Crippen LogP contribution in [-0.2, 0) is 0 Å². The van der Waals surface area contributed by atoms with Crippen LogP contribution >= 0.6 is 0 Å². The highest BCUT2D eigenvalue weighted by molar-refractivity contribution is 5.42. The summed E-state index contributed by atoms with van der Waals surface area (Å²) in [5.41, 5.74) is 8.60. The number of benzene rings is 1. The monoisotopic (exact) mass is 243 g/mol. The molecular formula is C13H13N3O2. The van der Waals surface area contributed by atoms with Crippen LogP contribution in [0, 0.1) is 17.0 Å². The first-order chi connectivity index (χ1) is 8.58. The Kier molecular flexibility index (Phi) is 3.34. The minimum atomic E-state index is -0.407. The zero-order chi connectivity index (χ0) is 13.1. The first kappa shape index (κ1) is 12.2. The molecule has 1 unspecified atom stereocenters. The number of aryl methyl sites for hydroxylation is 1. The molecule has 5 heteroatoms. The maximum atomic E-state index is 10.8. The molecule has 0 spiro atoms. The van der Waals surface area contributed by atoms with Crippen LogP contribution in [-0.4, -0.2) is 9.91 Å². The van der Waals surface area contributed by atoms with Gasteiger partial charge in [0.15, 0.2) is 0 Å². The van der Waals surface area contributed by atoms with E-state index in [1.807, 2.05) is 13.0 Å². The number of hydrogen-bond acceptors (Lipinski definition) is 4. The molecule has 0 aliphatic heterocycles. The van der Waals surface area contributed by atoms with Gasteiger partial charge in [-0.15, -0.1) is 0 Å². The fourth-order valence-electron chi connectivity index (χ4n) is 1.84. The first-order valence-electron chi connectivity index (χ1n) is 5.49. The maximum absolute atomic E-state index is 10.8. The topological polar surface area (TPSA) is 82.0 Å². The molecule has 0 saturated carbocycles. The molecule has 0 saturated heterocycles. The van der Waals surface area contributed by atoms with Crippen molar-refractivity contribution in [3.8, 4) is 0 Å². The normalized spacial score (nSPS) is 12.1. The largest absolute Gasteiger partial charge is 0.320 e. The van der Waals surface area contributed by atoms with Gasteiger partial charge >= 0.3 is 0 Å². The lowest BCUT2D eigenvalue weighted by molar-refractivity contribution is -0.385. The van der Waals surface area contributed by atoms with E-state index in [1.54, 1.807) is 24.5 Å². The number of nitro groups is 1. The van der Waals surface area contributed by atoms with Gasteiger partial charge in [0.2, 0.25) is 0 Å². The number of nitrogens with two attached hydrogens (primary N) is 1. The van der Waals surface area contributed by atoms with Crippen molar-refractivity contribution in [1.29, 1.82) is 0 Å². The van der Waals surface area contributed by atoms with Crippen LogP contribution in [0.4, 0.5) is 5.69 Å². The Morgan fingerprint density at radius 1 is 1.22 bits per heavy atom. The maximum Gasteiger partial charge on any atom is 0.270 e. The third-order valence-corrected chi connectivity index (χ3v) is 2.72. The number of nitrogens with zero attached hydrogens (tertiary/aromatic N) is 2. The third kappa shape index (κ3) is 2.52. The van der Waals surface area contributed by atoms with Crippen LogP contribution in [0.5, 0.6) is 0 Å². The summed E-state index contributed by atoms with van der Waals surface area (Å²) in [7, 11) is 0. The quantitative estimate of drug-likeness (QED) is 0.662. The van der Waals surface area contributed by atoms with E-state index in [4.69, 9.17) is 5.73 Å². The predicted octanol–water partition coefficient (Wildman–Crippen LogP) is 2.35. The van der Waals surface area contributed by atoms with Crippen LogP contribution in [0.15, 0.2) is 42.7 Å². The molecule has 0 aliphatic carbocycles.